The summed E-state index contributed by atoms with van der Waals surface area (Å²) in [4.78, 5) is 2.47. The molecule has 1 aliphatic carbocycles. The molecule has 2 aromatic rings. The molecule has 1 aromatic heterocycles. The second-order valence-electron chi connectivity index (χ2n) is 10.3. The topological polar surface area (TPSA) is 59.5 Å². The zero-order chi connectivity index (χ0) is 23.9. The van der Waals surface area contributed by atoms with Crippen molar-refractivity contribution in [3.8, 4) is 11.3 Å². The van der Waals surface area contributed by atoms with Crippen molar-refractivity contribution in [1.82, 2.24) is 15.1 Å². The van der Waals surface area contributed by atoms with Crippen molar-refractivity contribution in [3.05, 3.63) is 41.0 Å². The number of nitrogens with one attached hydrogen (secondary N) is 1. The van der Waals surface area contributed by atoms with Crippen molar-refractivity contribution in [2.75, 3.05) is 44.8 Å². The fourth-order valence-electron chi connectivity index (χ4n) is 5.76. The number of fused-ring (bicyclic) bond motifs is 1. The normalized spacial score (nSPS) is 27.7. The Labute approximate surface area is 200 Å². The van der Waals surface area contributed by atoms with Gasteiger partial charge in [-0.3, -0.25) is 0 Å². The van der Waals surface area contributed by atoms with E-state index in [2.05, 4.69) is 20.4 Å². The average molecular weight is 473 g/mol. The van der Waals surface area contributed by atoms with E-state index in [1.807, 2.05) is 32.0 Å². The van der Waals surface area contributed by atoms with Crippen molar-refractivity contribution in [2.45, 2.75) is 51.7 Å². The van der Waals surface area contributed by atoms with E-state index in [-0.39, 0.29) is 23.5 Å². The summed E-state index contributed by atoms with van der Waals surface area (Å²) in [6, 6.07) is 7.59. The van der Waals surface area contributed by atoms with Crippen molar-refractivity contribution < 1.29 is 18.3 Å². The predicted molar refractivity (Wildman–Crippen MR) is 127 cm³/mol. The van der Waals surface area contributed by atoms with Gasteiger partial charge < -0.3 is 19.7 Å². The van der Waals surface area contributed by atoms with Crippen LogP contribution in [0.4, 0.5) is 14.6 Å². The molecule has 2 aliphatic heterocycles. The molecule has 184 valence electrons. The molecule has 4 atom stereocenters. The largest absolute Gasteiger partial charge is 0.376 e. The SMILES string of the molecule is Cc1ccc(C)c(-c2cc(C(C)(F)F)c(N[C@H]3C[C@@H]4CN(CC5COCCO5)C[C@@H]4C3)nn2)c1. The van der Waals surface area contributed by atoms with E-state index in [9.17, 15) is 8.78 Å². The van der Waals surface area contributed by atoms with E-state index < -0.39 is 5.92 Å². The molecule has 3 heterocycles. The Hall–Kier alpha value is -2.16. The summed E-state index contributed by atoms with van der Waals surface area (Å²) in [5.74, 6) is -1.68. The molecule has 1 saturated carbocycles. The summed E-state index contributed by atoms with van der Waals surface area (Å²) in [5.41, 5.74) is 3.28. The first kappa shape index (κ1) is 23.6. The van der Waals surface area contributed by atoms with Gasteiger partial charge in [-0.2, -0.15) is 0 Å². The molecule has 1 unspecified atom stereocenters. The molecular weight excluding hydrogens is 438 g/mol. The fraction of sp³-hybridized carbons (Fsp3) is 0.615. The molecule has 1 N–H and O–H groups in total. The lowest BCUT2D eigenvalue weighted by Gasteiger charge is -2.28. The first-order valence-corrected chi connectivity index (χ1v) is 12.3. The zero-order valence-electron chi connectivity index (χ0n) is 20.2. The maximum atomic E-state index is 14.6. The number of nitrogens with zero attached hydrogens (tertiary/aromatic N) is 3. The molecule has 0 radical (unpaired) electrons. The number of halogens is 2. The molecule has 3 fully saturated rings. The molecule has 6 nitrogen and oxygen atoms in total. The van der Waals surface area contributed by atoms with Crippen molar-refractivity contribution in [2.24, 2.45) is 11.8 Å². The highest BCUT2D eigenvalue weighted by molar-refractivity contribution is 5.66. The lowest BCUT2D eigenvalue weighted by molar-refractivity contribution is -0.0964. The van der Waals surface area contributed by atoms with Gasteiger partial charge in [0.2, 0.25) is 0 Å². The number of hydrogen-bond acceptors (Lipinski definition) is 6. The minimum atomic E-state index is -3.02. The van der Waals surface area contributed by atoms with Gasteiger partial charge in [-0.15, -0.1) is 10.2 Å². The number of hydrogen-bond donors (Lipinski definition) is 1. The van der Waals surface area contributed by atoms with E-state index in [0.717, 1.165) is 56.1 Å². The maximum absolute atomic E-state index is 14.6. The lowest BCUT2D eigenvalue weighted by atomic mass is 10.0. The highest BCUT2D eigenvalue weighted by Crippen LogP contribution is 2.41. The number of aryl methyl sites for hydroxylation is 2. The third kappa shape index (κ3) is 5.09. The van der Waals surface area contributed by atoms with Crippen LogP contribution in [0.3, 0.4) is 0 Å². The minimum Gasteiger partial charge on any atom is -0.376 e. The van der Waals surface area contributed by atoms with Gasteiger partial charge in [-0.25, -0.2) is 8.78 Å². The smallest absolute Gasteiger partial charge is 0.274 e. The summed E-state index contributed by atoms with van der Waals surface area (Å²) in [5, 5.41) is 11.9. The van der Waals surface area contributed by atoms with Crippen LogP contribution in [0.1, 0.15) is 36.5 Å². The Balaban J connectivity index is 1.26. The van der Waals surface area contributed by atoms with Gasteiger partial charge in [0.15, 0.2) is 5.82 Å². The standard InChI is InChI=1S/C26H34F2N4O2/c1-16-4-5-17(2)22(8-16)24-11-23(26(3,27)28)25(31-30-24)29-20-9-18-12-32(13-19(18)10-20)14-21-15-33-6-7-34-21/h4-5,8,11,18-21H,6-7,9-10,12-15H2,1-3H3,(H,29,31)/t18-,19+,20+,21?. The maximum Gasteiger partial charge on any atom is 0.274 e. The van der Waals surface area contributed by atoms with Gasteiger partial charge in [0.05, 0.1) is 37.2 Å². The number of anilines is 1. The van der Waals surface area contributed by atoms with Gasteiger partial charge in [0.25, 0.3) is 5.92 Å². The van der Waals surface area contributed by atoms with Crippen LogP contribution in [0.15, 0.2) is 24.3 Å². The molecule has 0 bridgehead atoms. The number of alkyl halides is 2. The van der Waals surface area contributed by atoms with E-state index in [1.54, 1.807) is 0 Å². The van der Waals surface area contributed by atoms with Crippen LogP contribution < -0.4 is 5.32 Å². The second-order valence-corrected chi connectivity index (χ2v) is 10.3. The summed E-state index contributed by atoms with van der Waals surface area (Å²) >= 11 is 0. The monoisotopic (exact) mass is 472 g/mol. The summed E-state index contributed by atoms with van der Waals surface area (Å²) in [6.45, 7) is 9.85. The fourth-order valence-corrected chi connectivity index (χ4v) is 5.76. The molecule has 0 amide bonds. The predicted octanol–water partition coefficient (Wildman–Crippen LogP) is 4.41. The molecule has 1 aromatic carbocycles. The van der Waals surface area contributed by atoms with Crippen LogP contribution in [0.5, 0.6) is 0 Å². The first-order chi connectivity index (χ1) is 16.3. The Kier molecular flexibility index (Phi) is 6.57. The van der Waals surface area contributed by atoms with Crippen LogP contribution in [0.25, 0.3) is 11.3 Å². The number of likely N-dealkylation sites (tertiary alicyclic amines) is 1. The molecule has 2 saturated heterocycles. The lowest BCUT2D eigenvalue weighted by Crippen LogP contribution is -2.39. The summed E-state index contributed by atoms with van der Waals surface area (Å²) in [7, 11) is 0. The van der Waals surface area contributed by atoms with E-state index in [4.69, 9.17) is 9.47 Å². The Morgan fingerprint density at radius 2 is 1.85 bits per heavy atom. The van der Waals surface area contributed by atoms with E-state index >= 15 is 0 Å². The first-order valence-electron chi connectivity index (χ1n) is 12.3. The van der Waals surface area contributed by atoms with Crippen molar-refractivity contribution in [3.63, 3.8) is 0 Å². The molecule has 0 spiro atoms. The van der Waals surface area contributed by atoms with Crippen LogP contribution in [0.2, 0.25) is 0 Å². The van der Waals surface area contributed by atoms with Gasteiger partial charge in [-0.05, 0) is 56.2 Å². The second kappa shape index (κ2) is 9.47. The van der Waals surface area contributed by atoms with Crippen LogP contribution >= 0.6 is 0 Å². The molecule has 3 aliphatic rings. The number of rotatable bonds is 6. The van der Waals surface area contributed by atoms with E-state index in [0.29, 0.717) is 37.4 Å². The molecule has 8 heteroatoms. The van der Waals surface area contributed by atoms with Crippen LogP contribution in [-0.2, 0) is 15.4 Å². The van der Waals surface area contributed by atoms with Crippen molar-refractivity contribution in [1.29, 1.82) is 0 Å². The highest BCUT2D eigenvalue weighted by atomic mass is 19.3. The average Bonchev–Trinajstić information content (AvgIpc) is 3.33. The van der Waals surface area contributed by atoms with Gasteiger partial charge in [-0.1, -0.05) is 17.7 Å². The molecule has 5 rings (SSSR count). The van der Waals surface area contributed by atoms with Crippen LogP contribution in [0, 0.1) is 25.7 Å². The summed E-state index contributed by atoms with van der Waals surface area (Å²) < 4.78 is 40.6. The number of aromatic nitrogens is 2. The molecular formula is C26H34F2N4O2. The molecule has 34 heavy (non-hydrogen) atoms. The number of ether oxygens (including phenoxy) is 2. The van der Waals surface area contributed by atoms with Gasteiger partial charge >= 0.3 is 0 Å². The Morgan fingerprint density at radius 3 is 2.53 bits per heavy atom. The summed E-state index contributed by atoms with van der Waals surface area (Å²) in [6.07, 6.45) is 2.07. The highest BCUT2D eigenvalue weighted by Gasteiger charge is 2.42. The Bertz CT molecular complexity index is 1010. The third-order valence-electron chi connectivity index (χ3n) is 7.45. The third-order valence-corrected chi connectivity index (χ3v) is 7.45. The minimum absolute atomic E-state index is 0.0912. The van der Waals surface area contributed by atoms with E-state index in [1.165, 1.54) is 6.07 Å². The zero-order valence-corrected chi connectivity index (χ0v) is 20.2. The van der Waals surface area contributed by atoms with Gasteiger partial charge in [0.1, 0.15) is 0 Å². The van der Waals surface area contributed by atoms with Crippen molar-refractivity contribution >= 4 is 5.82 Å². The quantitative estimate of drug-likeness (QED) is 0.672. The number of benzene rings is 1. The Morgan fingerprint density at radius 1 is 1.09 bits per heavy atom. The van der Waals surface area contributed by atoms with Crippen LogP contribution in [-0.4, -0.2) is 66.7 Å². The van der Waals surface area contributed by atoms with Gasteiger partial charge in [0, 0.05) is 38.2 Å².